The minimum absolute atomic E-state index is 0.0557. The number of fused-ring (bicyclic) bond motifs is 1. The average molecular weight is 257 g/mol. The summed E-state index contributed by atoms with van der Waals surface area (Å²) >= 11 is 0. The summed E-state index contributed by atoms with van der Waals surface area (Å²) in [4.78, 5) is 25.0. The van der Waals surface area contributed by atoms with Crippen LogP contribution in [-0.2, 0) is 13.0 Å². The quantitative estimate of drug-likeness (QED) is 0.781. The maximum atomic E-state index is 12.0. The largest absolute Gasteiger partial charge is 0.368 e. The topological polar surface area (TPSA) is 87.9 Å². The Labute approximate surface area is 110 Å². The van der Waals surface area contributed by atoms with Gasteiger partial charge in [-0.3, -0.25) is 4.79 Å². The number of aromatic amines is 1. The number of nitrogens with two attached hydrogens (primary N) is 1. The molecule has 1 aliphatic rings. The Balaban J connectivity index is 1.98. The lowest BCUT2D eigenvalue weighted by molar-refractivity contribution is 0.701. The highest BCUT2D eigenvalue weighted by molar-refractivity contribution is 5.52. The molecule has 6 heteroatoms. The molecule has 0 saturated carbocycles. The van der Waals surface area contributed by atoms with Crippen LogP contribution in [0.15, 0.2) is 23.3 Å². The van der Waals surface area contributed by atoms with Crippen LogP contribution in [0.2, 0.25) is 0 Å². The van der Waals surface area contributed by atoms with Crippen molar-refractivity contribution in [3.63, 3.8) is 0 Å². The van der Waals surface area contributed by atoms with Crippen molar-refractivity contribution in [1.82, 2.24) is 15.0 Å². The fourth-order valence-corrected chi connectivity index (χ4v) is 2.48. The van der Waals surface area contributed by atoms with Crippen molar-refractivity contribution in [3.05, 3.63) is 45.6 Å². The molecular weight excluding hydrogens is 242 g/mol. The zero-order valence-corrected chi connectivity index (χ0v) is 10.7. The molecule has 1 aliphatic heterocycles. The molecule has 0 bridgehead atoms. The lowest BCUT2D eigenvalue weighted by Gasteiger charge is -2.30. The van der Waals surface area contributed by atoms with Gasteiger partial charge >= 0.3 is 0 Å². The second kappa shape index (κ2) is 4.38. The number of hydrogen-bond donors (Lipinski definition) is 2. The Morgan fingerprint density at radius 2 is 2.32 bits per heavy atom. The smallest absolute Gasteiger partial charge is 0.271 e. The first kappa shape index (κ1) is 11.7. The van der Waals surface area contributed by atoms with Crippen LogP contribution in [0.3, 0.4) is 0 Å². The van der Waals surface area contributed by atoms with Crippen LogP contribution in [0.5, 0.6) is 0 Å². The van der Waals surface area contributed by atoms with Crippen LogP contribution in [-0.4, -0.2) is 21.5 Å². The van der Waals surface area contributed by atoms with Gasteiger partial charge in [-0.25, -0.2) is 9.97 Å². The van der Waals surface area contributed by atoms with Crippen LogP contribution < -0.4 is 16.2 Å². The van der Waals surface area contributed by atoms with Crippen molar-refractivity contribution < 1.29 is 0 Å². The number of nitrogens with zero attached hydrogens (tertiary/aromatic N) is 3. The summed E-state index contributed by atoms with van der Waals surface area (Å²) in [7, 11) is 0. The zero-order valence-electron chi connectivity index (χ0n) is 10.7. The molecule has 0 aromatic carbocycles. The summed E-state index contributed by atoms with van der Waals surface area (Å²) in [6.45, 7) is 3.35. The lowest BCUT2D eigenvalue weighted by Crippen LogP contribution is -2.35. The minimum Gasteiger partial charge on any atom is -0.368 e. The number of H-pyrrole nitrogens is 1. The molecule has 0 amide bonds. The van der Waals surface area contributed by atoms with E-state index < -0.39 is 0 Å². The summed E-state index contributed by atoms with van der Waals surface area (Å²) in [5.41, 5.74) is 9.24. The number of anilines is 2. The number of aryl methyl sites for hydroxylation is 1. The van der Waals surface area contributed by atoms with Gasteiger partial charge < -0.3 is 15.6 Å². The second-order valence-electron chi connectivity index (χ2n) is 4.71. The summed E-state index contributed by atoms with van der Waals surface area (Å²) < 4.78 is 0. The molecule has 3 heterocycles. The van der Waals surface area contributed by atoms with Crippen molar-refractivity contribution in [2.45, 2.75) is 19.9 Å². The van der Waals surface area contributed by atoms with Gasteiger partial charge in [0.25, 0.3) is 5.56 Å². The van der Waals surface area contributed by atoms with Crippen molar-refractivity contribution in [2.75, 3.05) is 17.2 Å². The molecule has 0 radical (unpaired) electrons. The highest BCUT2D eigenvalue weighted by atomic mass is 16.1. The normalized spacial score (nSPS) is 14.3. The van der Waals surface area contributed by atoms with E-state index in [9.17, 15) is 4.79 Å². The number of nitrogen functional groups attached to an aromatic ring is 1. The molecular formula is C13H15N5O. The van der Waals surface area contributed by atoms with E-state index in [1.807, 2.05) is 13.0 Å². The molecule has 3 rings (SSSR count). The van der Waals surface area contributed by atoms with Crippen molar-refractivity contribution in [2.24, 2.45) is 0 Å². The first-order chi connectivity index (χ1) is 9.15. The molecule has 0 spiro atoms. The van der Waals surface area contributed by atoms with Gasteiger partial charge in [0.05, 0.1) is 5.69 Å². The number of rotatable bonds is 1. The van der Waals surface area contributed by atoms with Crippen LogP contribution >= 0.6 is 0 Å². The van der Waals surface area contributed by atoms with Crippen molar-refractivity contribution in [1.29, 1.82) is 0 Å². The van der Waals surface area contributed by atoms with Gasteiger partial charge in [0.2, 0.25) is 5.95 Å². The van der Waals surface area contributed by atoms with E-state index in [4.69, 9.17) is 5.73 Å². The number of pyridine rings is 1. The molecule has 98 valence electrons. The van der Waals surface area contributed by atoms with Crippen molar-refractivity contribution >= 4 is 11.6 Å². The van der Waals surface area contributed by atoms with E-state index in [0.717, 1.165) is 35.5 Å². The van der Waals surface area contributed by atoms with Crippen LogP contribution in [0.4, 0.5) is 11.6 Å². The Morgan fingerprint density at radius 1 is 1.47 bits per heavy atom. The highest BCUT2D eigenvalue weighted by Gasteiger charge is 2.21. The van der Waals surface area contributed by atoms with Crippen LogP contribution in [0.1, 0.15) is 16.8 Å². The van der Waals surface area contributed by atoms with E-state index in [-0.39, 0.29) is 5.56 Å². The molecule has 19 heavy (non-hydrogen) atoms. The standard InChI is InChI=1S/C13H15N5O/c1-8-2-4-15-12(19)11(8)18-5-3-10-9(7-18)6-16-13(14)17-10/h2,4,6H,3,5,7H2,1H3,(H,15,19)(H2,14,16,17). The molecule has 0 saturated heterocycles. The SMILES string of the molecule is Cc1cc[nH]c(=O)c1N1CCc2nc(N)ncc2C1. The third-order valence-electron chi connectivity index (χ3n) is 3.41. The van der Waals surface area contributed by atoms with Gasteiger partial charge in [-0.1, -0.05) is 0 Å². The van der Waals surface area contributed by atoms with E-state index in [2.05, 4.69) is 19.9 Å². The van der Waals surface area contributed by atoms with E-state index in [0.29, 0.717) is 12.5 Å². The maximum absolute atomic E-state index is 12.0. The molecule has 0 aliphatic carbocycles. The third kappa shape index (κ3) is 2.05. The average Bonchev–Trinajstić information content (AvgIpc) is 2.38. The van der Waals surface area contributed by atoms with Gasteiger partial charge in [0.1, 0.15) is 5.69 Å². The van der Waals surface area contributed by atoms with Gasteiger partial charge in [-0.05, 0) is 18.6 Å². The Hall–Kier alpha value is -2.37. The number of nitrogens with one attached hydrogen (secondary N) is 1. The summed E-state index contributed by atoms with van der Waals surface area (Å²) in [5.74, 6) is 0.306. The van der Waals surface area contributed by atoms with Crippen LogP contribution in [0, 0.1) is 6.92 Å². The summed E-state index contributed by atoms with van der Waals surface area (Å²) in [6.07, 6.45) is 4.19. The predicted molar refractivity (Wildman–Crippen MR) is 73.0 cm³/mol. The van der Waals surface area contributed by atoms with E-state index in [1.54, 1.807) is 12.4 Å². The van der Waals surface area contributed by atoms with Gasteiger partial charge in [-0.15, -0.1) is 0 Å². The molecule has 2 aromatic heterocycles. The van der Waals surface area contributed by atoms with E-state index >= 15 is 0 Å². The fourth-order valence-electron chi connectivity index (χ4n) is 2.48. The van der Waals surface area contributed by atoms with Gasteiger partial charge in [-0.2, -0.15) is 0 Å². The van der Waals surface area contributed by atoms with Gasteiger partial charge in [0, 0.05) is 37.5 Å². The third-order valence-corrected chi connectivity index (χ3v) is 3.41. The highest BCUT2D eigenvalue weighted by Crippen LogP contribution is 2.22. The molecule has 2 aromatic rings. The Morgan fingerprint density at radius 3 is 3.11 bits per heavy atom. The molecule has 6 nitrogen and oxygen atoms in total. The van der Waals surface area contributed by atoms with Crippen molar-refractivity contribution in [3.8, 4) is 0 Å². The minimum atomic E-state index is -0.0557. The number of hydrogen-bond acceptors (Lipinski definition) is 5. The first-order valence-corrected chi connectivity index (χ1v) is 6.18. The number of aromatic nitrogens is 3. The monoisotopic (exact) mass is 257 g/mol. The Kier molecular flexibility index (Phi) is 2.70. The zero-order chi connectivity index (χ0) is 13.4. The molecule has 0 atom stereocenters. The first-order valence-electron chi connectivity index (χ1n) is 6.18. The van der Waals surface area contributed by atoms with Crippen LogP contribution in [0.25, 0.3) is 0 Å². The summed E-state index contributed by atoms with van der Waals surface area (Å²) in [6, 6.07) is 1.91. The van der Waals surface area contributed by atoms with E-state index in [1.165, 1.54) is 0 Å². The Bertz CT molecular complexity index is 679. The maximum Gasteiger partial charge on any atom is 0.271 e. The molecule has 0 fully saturated rings. The predicted octanol–water partition coefficient (Wildman–Crippen LogP) is 0.618. The summed E-state index contributed by atoms with van der Waals surface area (Å²) in [5, 5.41) is 0. The molecule has 3 N–H and O–H groups in total. The fraction of sp³-hybridized carbons (Fsp3) is 0.308. The molecule has 0 unspecified atom stereocenters. The lowest BCUT2D eigenvalue weighted by atomic mass is 10.1. The second-order valence-corrected chi connectivity index (χ2v) is 4.71. The van der Waals surface area contributed by atoms with Gasteiger partial charge in [0.15, 0.2) is 0 Å².